The van der Waals surface area contributed by atoms with E-state index in [0.717, 1.165) is 45.0 Å². The quantitative estimate of drug-likeness (QED) is 0.301. The van der Waals surface area contributed by atoms with Crippen molar-refractivity contribution in [1.82, 2.24) is 13.8 Å². The van der Waals surface area contributed by atoms with Gasteiger partial charge >= 0.3 is 12.1 Å². The summed E-state index contributed by atoms with van der Waals surface area (Å²) in [6.07, 6.45) is -4.61. The summed E-state index contributed by atoms with van der Waals surface area (Å²) in [6.45, 7) is 0.896. The normalized spacial score (nSPS) is 17.5. The Bertz CT molecular complexity index is 1830. The highest BCUT2D eigenvalue weighted by Gasteiger charge is 2.39. The second kappa shape index (κ2) is 11.8. The maximum absolute atomic E-state index is 14.4. The summed E-state index contributed by atoms with van der Waals surface area (Å²) in [5, 5.41) is 12.1. The second-order valence-electron chi connectivity index (χ2n) is 10.8. The molecule has 2 aliphatic rings. The number of morpholine rings is 1. The highest BCUT2D eigenvalue weighted by molar-refractivity contribution is 7.97. The second-order valence-corrected chi connectivity index (χ2v) is 12.0. The monoisotopic (exact) mass is 623 g/mol. The van der Waals surface area contributed by atoms with Crippen LogP contribution in [0.5, 0.6) is 0 Å². The van der Waals surface area contributed by atoms with E-state index in [1.165, 1.54) is 17.0 Å². The molecule has 1 aromatic heterocycles. The van der Waals surface area contributed by atoms with E-state index in [2.05, 4.69) is 0 Å². The van der Waals surface area contributed by atoms with E-state index in [4.69, 9.17) is 4.74 Å². The standard InChI is InChI=1S/C32H28F3N3O5S/c1-36-18-25(31(41)42)38-29(40)27(28(39)37-12-14-43-15-13-37)24(17-20-8-4-7-19-6-2-3-11-23(19)20)26(30(38)44-36)21-9-5-10-22(16-21)32(33,34)35/h2-11,16,25H,12-15,17-18H2,1H3,(H,41,42). The van der Waals surface area contributed by atoms with Gasteiger partial charge in [0.25, 0.3) is 11.5 Å². The number of carbonyl (C=O) groups is 2. The lowest BCUT2D eigenvalue weighted by molar-refractivity contribution is -0.141. The summed E-state index contributed by atoms with van der Waals surface area (Å²) in [5.74, 6) is -1.90. The zero-order valence-corrected chi connectivity index (χ0v) is 24.5. The number of carboxylic acid groups (broad SMARTS) is 1. The summed E-state index contributed by atoms with van der Waals surface area (Å²) < 4.78 is 50.0. The average molecular weight is 624 g/mol. The van der Waals surface area contributed by atoms with Gasteiger partial charge in [-0.25, -0.2) is 9.10 Å². The fourth-order valence-electron chi connectivity index (χ4n) is 5.90. The maximum Gasteiger partial charge on any atom is 0.416 e. The van der Waals surface area contributed by atoms with E-state index < -0.39 is 35.2 Å². The van der Waals surface area contributed by atoms with Gasteiger partial charge in [-0.3, -0.25) is 14.2 Å². The SMILES string of the molecule is CN1CC(C(=O)O)n2c(c(-c3cccc(C(F)(F)F)c3)c(Cc3cccc4ccccc34)c(C(=O)N3CCOCC3)c2=O)S1. The van der Waals surface area contributed by atoms with Crippen LogP contribution >= 0.6 is 11.9 Å². The van der Waals surface area contributed by atoms with Crippen molar-refractivity contribution in [1.29, 1.82) is 0 Å². The minimum Gasteiger partial charge on any atom is -0.480 e. The molecule has 2 aliphatic heterocycles. The van der Waals surface area contributed by atoms with Crippen LogP contribution in [0.4, 0.5) is 13.2 Å². The first-order valence-corrected chi connectivity index (χ1v) is 14.8. The molecule has 0 aliphatic carbocycles. The number of pyridine rings is 1. The predicted molar refractivity (Wildman–Crippen MR) is 160 cm³/mol. The van der Waals surface area contributed by atoms with Crippen molar-refractivity contribution >= 4 is 34.6 Å². The van der Waals surface area contributed by atoms with E-state index >= 15 is 0 Å². The van der Waals surface area contributed by atoms with Crippen LogP contribution in [0.15, 0.2) is 76.6 Å². The van der Waals surface area contributed by atoms with E-state index in [1.54, 1.807) is 11.4 Å². The van der Waals surface area contributed by atoms with E-state index in [1.807, 2.05) is 42.5 Å². The minimum absolute atomic E-state index is 0.0451. The third-order valence-electron chi connectivity index (χ3n) is 7.98. The number of aliphatic carboxylic acids is 1. The molecule has 1 amide bonds. The first kappa shape index (κ1) is 29.9. The van der Waals surface area contributed by atoms with E-state index in [0.29, 0.717) is 0 Å². The Morgan fingerprint density at radius 1 is 1.02 bits per heavy atom. The van der Waals surface area contributed by atoms with Crippen LogP contribution in [0.2, 0.25) is 0 Å². The van der Waals surface area contributed by atoms with Crippen molar-refractivity contribution in [3.63, 3.8) is 0 Å². The van der Waals surface area contributed by atoms with Crippen molar-refractivity contribution < 1.29 is 32.6 Å². The number of carbonyl (C=O) groups excluding carboxylic acids is 1. The molecular formula is C32H28F3N3O5S. The number of hydrogen-bond donors (Lipinski definition) is 1. The number of fused-ring (bicyclic) bond motifs is 2. The first-order valence-electron chi connectivity index (χ1n) is 14.0. The molecule has 6 rings (SSSR count). The molecule has 1 N–H and O–H groups in total. The first-order chi connectivity index (χ1) is 21.0. The van der Waals surface area contributed by atoms with Gasteiger partial charge in [0.05, 0.1) is 18.8 Å². The summed E-state index contributed by atoms with van der Waals surface area (Å²) in [4.78, 5) is 42.6. The summed E-state index contributed by atoms with van der Waals surface area (Å²) in [5.41, 5.74) is -0.560. The van der Waals surface area contributed by atoms with Crippen LogP contribution < -0.4 is 5.56 Å². The molecule has 0 spiro atoms. The number of amides is 1. The van der Waals surface area contributed by atoms with Gasteiger partial charge in [-0.1, -0.05) is 54.6 Å². The van der Waals surface area contributed by atoms with Crippen molar-refractivity contribution in [2.45, 2.75) is 23.7 Å². The smallest absolute Gasteiger partial charge is 0.416 e. The van der Waals surface area contributed by atoms with Crippen LogP contribution in [-0.4, -0.2) is 70.7 Å². The molecule has 0 saturated carbocycles. The van der Waals surface area contributed by atoms with Crippen LogP contribution in [0.25, 0.3) is 21.9 Å². The Labute approximate surface area is 254 Å². The molecule has 12 heteroatoms. The molecule has 8 nitrogen and oxygen atoms in total. The third-order valence-corrected chi connectivity index (χ3v) is 9.01. The minimum atomic E-state index is -4.66. The van der Waals surface area contributed by atoms with E-state index in [9.17, 15) is 32.7 Å². The molecule has 1 atom stereocenters. The van der Waals surface area contributed by atoms with Gasteiger partial charge in [0.2, 0.25) is 0 Å². The van der Waals surface area contributed by atoms with Crippen LogP contribution in [0.1, 0.15) is 33.1 Å². The molecule has 0 radical (unpaired) electrons. The zero-order valence-electron chi connectivity index (χ0n) is 23.6. The Morgan fingerprint density at radius 2 is 1.73 bits per heavy atom. The molecule has 0 bridgehead atoms. The van der Waals surface area contributed by atoms with Crippen molar-refractivity contribution in [3.05, 3.63) is 99.3 Å². The Balaban J connectivity index is 1.72. The lowest BCUT2D eigenvalue weighted by Gasteiger charge is -2.35. The Kier molecular flexibility index (Phi) is 7.99. The number of benzene rings is 3. The van der Waals surface area contributed by atoms with Gasteiger partial charge in [0.15, 0.2) is 0 Å². The molecule has 44 heavy (non-hydrogen) atoms. The molecular weight excluding hydrogens is 595 g/mol. The number of aromatic nitrogens is 1. The fourth-order valence-corrected chi connectivity index (χ4v) is 7.04. The maximum atomic E-state index is 14.4. The molecule has 3 aromatic carbocycles. The van der Waals surface area contributed by atoms with Crippen LogP contribution in [-0.2, 0) is 22.1 Å². The van der Waals surface area contributed by atoms with Crippen molar-refractivity contribution in [2.24, 2.45) is 0 Å². The summed E-state index contributed by atoms with van der Waals surface area (Å²) >= 11 is 1.07. The molecule has 228 valence electrons. The van der Waals surface area contributed by atoms with Crippen molar-refractivity contribution in [3.8, 4) is 11.1 Å². The molecule has 4 aromatic rings. The molecule has 1 fully saturated rings. The van der Waals surface area contributed by atoms with Gasteiger partial charge in [-0.2, -0.15) is 13.2 Å². The van der Waals surface area contributed by atoms with Gasteiger partial charge in [0.1, 0.15) is 16.6 Å². The lowest BCUT2D eigenvalue weighted by Crippen LogP contribution is -2.47. The van der Waals surface area contributed by atoms with Gasteiger partial charge in [-0.15, -0.1) is 0 Å². The highest BCUT2D eigenvalue weighted by atomic mass is 32.2. The van der Waals surface area contributed by atoms with Crippen LogP contribution in [0.3, 0.4) is 0 Å². The molecule has 1 unspecified atom stereocenters. The lowest BCUT2D eigenvalue weighted by atomic mass is 9.89. The van der Waals surface area contributed by atoms with Crippen LogP contribution in [0, 0.1) is 0 Å². The van der Waals surface area contributed by atoms with Crippen molar-refractivity contribution in [2.75, 3.05) is 39.9 Å². The third kappa shape index (κ3) is 5.49. The number of halogens is 3. The Hall–Kier alpha value is -4.13. The molecule has 1 saturated heterocycles. The number of likely N-dealkylation sites (N-methyl/N-ethyl adjacent to an activating group) is 1. The largest absolute Gasteiger partial charge is 0.480 e. The number of carboxylic acids is 1. The average Bonchev–Trinajstić information content (AvgIpc) is 3.01. The van der Waals surface area contributed by atoms with Gasteiger partial charge < -0.3 is 14.7 Å². The number of nitrogens with zero attached hydrogens (tertiary/aromatic N) is 3. The summed E-state index contributed by atoms with van der Waals surface area (Å²) in [6, 6.07) is 16.6. The zero-order chi connectivity index (χ0) is 31.2. The van der Waals surface area contributed by atoms with Gasteiger partial charge in [0, 0.05) is 25.2 Å². The number of hydrogen-bond acceptors (Lipinski definition) is 6. The molecule has 3 heterocycles. The number of rotatable bonds is 5. The topological polar surface area (TPSA) is 92.1 Å². The van der Waals surface area contributed by atoms with E-state index in [-0.39, 0.29) is 66.5 Å². The number of alkyl halides is 3. The Morgan fingerprint density at radius 3 is 2.45 bits per heavy atom. The fraction of sp³-hybridized carbons (Fsp3) is 0.281. The number of ether oxygens (including phenoxy) is 1. The highest BCUT2D eigenvalue weighted by Crippen LogP contribution is 2.43. The van der Waals surface area contributed by atoms with Gasteiger partial charge in [-0.05, 0) is 65.0 Å². The summed E-state index contributed by atoms with van der Waals surface area (Å²) in [7, 11) is 1.65. The predicted octanol–water partition coefficient (Wildman–Crippen LogP) is 5.33.